The molecule has 1 aromatic heterocycles. The molecular weight excluding hydrogens is 260 g/mol. The molecule has 3 rings (SSSR count). The van der Waals surface area contributed by atoms with E-state index in [1.807, 2.05) is 0 Å². The standard InChI is InChI=1S/C13H14N4OS/c14-8-5-4-7(12(15)18)6-10(8)17-13-16-9-2-1-3-11(9)19-13/h4-6H,1-3,14H2,(H2,15,18)(H,16,17). The second-order valence-corrected chi connectivity index (χ2v) is 5.62. The number of thiazole rings is 1. The molecule has 6 heteroatoms. The van der Waals surface area contributed by atoms with Crippen molar-refractivity contribution in [2.75, 3.05) is 11.1 Å². The molecule has 1 aromatic carbocycles. The summed E-state index contributed by atoms with van der Waals surface area (Å²) >= 11 is 1.65. The average molecular weight is 274 g/mol. The van der Waals surface area contributed by atoms with Gasteiger partial charge in [0.2, 0.25) is 5.91 Å². The summed E-state index contributed by atoms with van der Waals surface area (Å²) in [4.78, 5) is 17.0. The van der Waals surface area contributed by atoms with Crippen molar-refractivity contribution in [3.8, 4) is 0 Å². The quantitative estimate of drug-likeness (QED) is 0.747. The van der Waals surface area contributed by atoms with E-state index in [4.69, 9.17) is 11.5 Å². The zero-order valence-corrected chi connectivity index (χ0v) is 11.1. The summed E-state index contributed by atoms with van der Waals surface area (Å²) in [5, 5.41) is 3.99. The maximum Gasteiger partial charge on any atom is 0.248 e. The number of nitrogens with two attached hydrogens (primary N) is 2. The molecule has 5 nitrogen and oxygen atoms in total. The number of nitrogen functional groups attached to an aromatic ring is 1. The number of hydrogen-bond donors (Lipinski definition) is 3. The highest BCUT2D eigenvalue weighted by molar-refractivity contribution is 7.15. The summed E-state index contributed by atoms with van der Waals surface area (Å²) in [7, 11) is 0. The first kappa shape index (κ1) is 12.0. The lowest BCUT2D eigenvalue weighted by atomic mass is 10.1. The lowest BCUT2D eigenvalue weighted by Gasteiger charge is -2.07. The highest BCUT2D eigenvalue weighted by atomic mass is 32.1. The Labute approximate surface area is 114 Å². The number of nitrogens with one attached hydrogen (secondary N) is 1. The van der Waals surface area contributed by atoms with Crippen molar-refractivity contribution in [3.05, 3.63) is 34.3 Å². The van der Waals surface area contributed by atoms with Crippen LogP contribution in [0.15, 0.2) is 18.2 Å². The largest absolute Gasteiger partial charge is 0.397 e. The molecule has 0 spiro atoms. The molecule has 0 aliphatic heterocycles. The van der Waals surface area contributed by atoms with Crippen molar-refractivity contribution in [1.82, 2.24) is 4.98 Å². The topological polar surface area (TPSA) is 94.0 Å². The number of anilines is 3. The van der Waals surface area contributed by atoms with Crippen molar-refractivity contribution < 1.29 is 4.79 Å². The Kier molecular flexibility index (Phi) is 2.87. The van der Waals surface area contributed by atoms with E-state index in [9.17, 15) is 4.79 Å². The van der Waals surface area contributed by atoms with Crippen molar-refractivity contribution in [2.45, 2.75) is 19.3 Å². The van der Waals surface area contributed by atoms with Gasteiger partial charge in [-0.2, -0.15) is 0 Å². The van der Waals surface area contributed by atoms with Gasteiger partial charge in [0.1, 0.15) is 0 Å². The second-order valence-electron chi connectivity index (χ2n) is 4.53. The average Bonchev–Trinajstić information content (AvgIpc) is 2.92. The number of aromatic nitrogens is 1. The van der Waals surface area contributed by atoms with E-state index in [2.05, 4.69) is 10.3 Å². The molecule has 0 saturated carbocycles. The number of carbonyl (C=O) groups is 1. The van der Waals surface area contributed by atoms with Gasteiger partial charge in [0.25, 0.3) is 0 Å². The Morgan fingerprint density at radius 3 is 2.95 bits per heavy atom. The summed E-state index contributed by atoms with van der Waals surface area (Å²) in [6, 6.07) is 4.94. The van der Waals surface area contributed by atoms with Gasteiger partial charge in [-0.25, -0.2) is 4.98 Å². The number of hydrogen-bond acceptors (Lipinski definition) is 5. The van der Waals surface area contributed by atoms with Crippen LogP contribution in [-0.4, -0.2) is 10.9 Å². The van der Waals surface area contributed by atoms with Crippen LogP contribution in [0.2, 0.25) is 0 Å². The molecule has 1 aliphatic carbocycles. The summed E-state index contributed by atoms with van der Waals surface area (Å²) in [6.07, 6.45) is 3.34. The minimum absolute atomic E-state index is 0.431. The molecular formula is C13H14N4OS. The van der Waals surface area contributed by atoms with E-state index in [1.165, 1.54) is 17.0 Å². The summed E-state index contributed by atoms with van der Waals surface area (Å²) in [5.74, 6) is -0.468. The number of nitrogens with zero attached hydrogens (tertiary/aromatic N) is 1. The molecule has 5 N–H and O–H groups in total. The molecule has 0 saturated heterocycles. The second kappa shape index (κ2) is 4.55. The van der Waals surface area contributed by atoms with Gasteiger partial charge in [0.05, 0.1) is 17.1 Å². The van der Waals surface area contributed by atoms with E-state index in [0.29, 0.717) is 16.9 Å². The van der Waals surface area contributed by atoms with Crippen LogP contribution >= 0.6 is 11.3 Å². The Hall–Kier alpha value is -2.08. The smallest absolute Gasteiger partial charge is 0.248 e. The van der Waals surface area contributed by atoms with Crippen LogP contribution in [0, 0.1) is 0 Å². The third kappa shape index (κ3) is 2.26. The lowest BCUT2D eigenvalue weighted by molar-refractivity contribution is 0.100. The van der Waals surface area contributed by atoms with E-state index in [1.54, 1.807) is 29.5 Å². The number of carbonyl (C=O) groups excluding carboxylic acids is 1. The van der Waals surface area contributed by atoms with E-state index in [-0.39, 0.29) is 0 Å². The van der Waals surface area contributed by atoms with Crippen LogP contribution in [0.1, 0.15) is 27.3 Å². The minimum Gasteiger partial charge on any atom is -0.397 e. The highest BCUT2D eigenvalue weighted by Crippen LogP contribution is 2.33. The fourth-order valence-electron chi connectivity index (χ4n) is 2.18. The highest BCUT2D eigenvalue weighted by Gasteiger charge is 2.17. The summed E-state index contributed by atoms with van der Waals surface area (Å²) in [5.41, 5.74) is 14.0. The first-order valence-corrected chi connectivity index (χ1v) is 6.90. The van der Waals surface area contributed by atoms with E-state index in [0.717, 1.165) is 18.0 Å². The third-order valence-corrected chi connectivity index (χ3v) is 4.25. The van der Waals surface area contributed by atoms with Gasteiger partial charge in [-0.05, 0) is 37.5 Å². The number of rotatable bonds is 3. The SMILES string of the molecule is NC(=O)c1ccc(N)c(Nc2nc3c(s2)CCC3)c1. The Morgan fingerprint density at radius 1 is 1.37 bits per heavy atom. The van der Waals surface area contributed by atoms with Gasteiger partial charge >= 0.3 is 0 Å². The summed E-state index contributed by atoms with van der Waals surface area (Å²) in [6.45, 7) is 0. The van der Waals surface area contributed by atoms with Crippen LogP contribution in [0.25, 0.3) is 0 Å². The number of primary amides is 1. The fraction of sp³-hybridized carbons (Fsp3) is 0.231. The first-order chi connectivity index (χ1) is 9.13. The van der Waals surface area contributed by atoms with E-state index < -0.39 is 5.91 Å². The zero-order valence-electron chi connectivity index (χ0n) is 10.3. The Balaban J connectivity index is 1.89. The molecule has 0 radical (unpaired) electrons. The predicted octanol–water partition coefficient (Wildman–Crippen LogP) is 2.06. The van der Waals surface area contributed by atoms with Gasteiger partial charge in [0.15, 0.2) is 5.13 Å². The number of aryl methyl sites for hydroxylation is 2. The molecule has 0 unspecified atom stereocenters. The fourth-order valence-corrected chi connectivity index (χ4v) is 3.24. The first-order valence-electron chi connectivity index (χ1n) is 6.08. The number of benzene rings is 1. The van der Waals surface area contributed by atoms with Crippen LogP contribution in [0.5, 0.6) is 0 Å². The monoisotopic (exact) mass is 274 g/mol. The Bertz CT molecular complexity index is 629. The predicted molar refractivity (Wildman–Crippen MR) is 76.8 cm³/mol. The normalized spacial score (nSPS) is 13.3. The van der Waals surface area contributed by atoms with Gasteiger partial charge in [-0.15, -0.1) is 11.3 Å². The molecule has 2 aromatic rings. The van der Waals surface area contributed by atoms with Crippen molar-refractivity contribution in [3.63, 3.8) is 0 Å². The van der Waals surface area contributed by atoms with Crippen molar-refractivity contribution in [2.24, 2.45) is 5.73 Å². The van der Waals surface area contributed by atoms with Crippen molar-refractivity contribution in [1.29, 1.82) is 0 Å². The van der Waals surface area contributed by atoms with E-state index >= 15 is 0 Å². The maximum atomic E-state index is 11.2. The molecule has 0 atom stereocenters. The number of fused-ring (bicyclic) bond motifs is 1. The Morgan fingerprint density at radius 2 is 2.21 bits per heavy atom. The number of amides is 1. The molecule has 0 fully saturated rings. The van der Waals surface area contributed by atoms with Gasteiger partial charge in [-0.3, -0.25) is 4.79 Å². The molecule has 98 valence electrons. The lowest BCUT2D eigenvalue weighted by Crippen LogP contribution is -2.11. The van der Waals surface area contributed by atoms with Crippen molar-refractivity contribution >= 4 is 33.8 Å². The summed E-state index contributed by atoms with van der Waals surface area (Å²) < 4.78 is 0. The third-order valence-electron chi connectivity index (χ3n) is 3.18. The zero-order chi connectivity index (χ0) is 13.4. The maximum absolute atomic E-state index is 11.2. The van der Waals surface area contributed by atoms with Crippen LogP contribution in [0.3, 0.4) is 0 Å². The molecule has 1 heterocycles. The van der Waals surface area contributed by atoms with Crippen LogP contribution in [0.4, 0.5) is 16.5 Å². The van der Waals surface area contributed by atoms with Crippen LogP contribution < -0.4 is 16.8 Å². The molecule has 1 amide bonds. The van der Waals surface area contributed by atoms with Gasteiger partial charge < -0.3 is 16.8 Å². The molecule has 1 aliphatic rings. The molecule has 19 heavy (non-hydrogen) atoms. The van der Waals surface area contributed by atoms with Gasteiger partial charge in [0, 0.05) is 10.4 Å². The minimum atomic E-state index is -0.468. The van der Waals surface area contributed by atoms with Gasteiger partial charge in [-0.1, -0.05) is 0 Å². The van der Waals surface area contributed by atoms with Crippen LogP contribution in [-0.2, 0) is 12.8 Å². The molecule has 0 bridgehead atoms.